The Morgan fingerprint density at radius 3 is 2.41 bits per heavy atom. The van der Waals surface area contributed by atoms with Crippen LogP contribution in [0.3, 0.4) is 0 Å². The molecular weight excluding hydrogens is 624 g/mol. The van der Waals surface area contributed by atoms with Gasteiger partial charge in [-0.25, -0.2) is 18.5 Å². The maximum absolute atomic E-state index is 16.2. The Morgan fingerprint density at radius 2 is 1.78 bits per heavy atom. The zero-order valence-corrected chi connectivity index (χ0v) is 26.5. The van der Waals surface area contributed by atoms with Gasteiger partial charge in [0.1, 0.15) is 10.8 Å². The number of carbonyl (C=O) groups is 4. The number of urea groups is 1. The summed E-state index contributed by atoms with van der Waals surface area (Å²) in [5.74, 6) is -4.24. The van der Waals surface area contributed by atoms with Crippen molar-refractivity contribution < 1.29 is 42.2 Å². The third-order valence-corrected chi connectivity index (χ3v) is 9.44. The number of nitrogens with zero attached hydrogens (tertiary/aromatic N) is 5. The van der Waals surface area contributed by atoms with E-state index in [0.29, 0.717) is 16.3 Å². The van der Waals surface area contributed by atoms with Gasteiger partial charge in [-0.2, -0.15) is 0 Å². The van der Waals surface area contributed by atoms with Crippen molar-refractivity contribution in [1.82, 2.24) is 20.0 Å². The smallest absolute Gasteiger partial charge is 0.336 e. The fraction of sp³-hybridized carbons (Fsp3) is 0.419. The third kappa shape index (κ3) is 4.97. The molecule has 3 aromatic rings. The standard InChI is InChI=1S/C31H31F2N5O7S/c1-15-12-36-25-20(10-22(23(32)24(25)33)27-35-34-17(3)46-27)11-31(26(36)16(2)45-15)28(40)37(13-19-6-8-21(43-5)9-7-19)30(42)38(29(31)41)14-44-18(4)39/h6-10,15-16,26H,11-14H2,1-5H3/t15-,16+,26?,31?/m0/s1. The Balaban J connectivity index is 1.55. The Hall–Kier alpha value is -4.50. The first kappa shape index (κ1) is 31.5. The quantitative estimate of drug-likeness (QED) is 0.285. The summed E-state index contributed by atoms with van der Waals surface area (Å²) in [6.07, 6.45) is -1.72. The molecule has 4 heterocycles. The van der Waals surface area contributed by atoms with E-state index >= 15 is 8.78 Å². The predicted octanol–water partition coefficient (Wildman–Crippen LogP) is 3.84. The highest BCUT2D eigenvalue weighted by atomic mass is 32.1. The minimum absolute atomic E-state index is 0.0221. The van der Waals surface area contributed by atoms with Gasteiger partial charge in [0, 0.05) is 19.9 Å². The number of hydrogen-bond acceptors (Lipinski definition) is 11. The summed E-state index contributed by atoms with van der Waals surface area (Å²) in [5, 5.41) is 8.58. The molecule has 0 aliphatic carbocycles. The van der Waals surface area contributed by atoms with Crippen LogP contribution in [0.2, 0.25) is 0 Å². The Morgan fingerprint density at radius 1 is 1.09 bits per heavy atom. The molecule has 6 rings (SSSR count). The van der Waals surface area contributed by atoms with Crippen LogP contribution in [0.4, 0.5) is 19.3 Å². The molecule has 2 saturated heterocycles. The first-order valence-corrected chi connectivity index (χ1v) is 15.4. The van der Waals surface area contributed by atoms with Gasteiger partial charge in [0.25, 0.3) is 5.91 Å². The highest BCUT2D eigenvalue weighted by Gasteiger charge is 2.67. The molecule has 242 valence electrons. The van der Waals surface area contributed by atoms with Crippen molar-refractivity contribution in [3.63, 3.8) is 0 Å². The van der Waals surface area contributed by atoms with Crippen LogP contribution in [0.25, 0.3) is 10.6 Å². The molecule has 0 bridgehead atoms. The van der Waals surface area contributed by atoms with E-state index in [2.05, 4.69) is 10.2 Å². The number of imide groups is 2. The molecule has 4 amide bonds. The lowest BCUT2D eigenvalue weighted by Gasteiger charge is -2.57. The normalized spacial score (nSPS) is 24.3. The molecular formula is C31H31F2N5O7S. The number of amides is 4. The lowest BCUT2D eigenvalue weighted by atomic mass is 9.65. The lowest BCUT2D eigenvalue weighted by Crippen LogP contribution is -2.76. The van der Waals surface area contributed by atoms with Crippen molar-refractivity contribution in [2.24, 2.45) is 5.41 Å². The molecule has 46 heavy (non-hydrogen) atoms. The lowest BCUT2D eigenvalue weighted by molar-refractivity contribution is -0.172. The number of rotatable bonds is 6. The molecule has 0 saturated carbocycles. The Labute approximate surface area is 266 Å². The van der Waals surface area contributed by atoms with Gasteiger partial charge >= 0.3 is 12.0 Å². The van der Waals surface area contributed by atoms with Crippen LogP contribution < -0.4 is 9.64 Å². The molecule has 0 radical (unpaired) electrons. The summed E-state index contributed by atoms with van der Waals surface area (Å²) in [6, 6.07) is 5.92. The highest BCUT2D eigenvalue weighted by Crippen LogP contribution is 2.51. The third-order valence-electron chi connectivity index (χ3n) is 8.57. The van der Waals surface area contributed by atoms with Crippen LogP contribution in [0.1, 0.15) is 36.9 Å². The van der Waals surface area contributed by atoms with Crippen molar-refractivity contribution in [1.29, 1.82) is 0 Å². The van der Waals surface area contributed by atoms with Crippen LogP contribution >= 0.6 is 11.3 Å². The van der Waals surface area contributed by atoms with Gasteiger partial charge in [-0.1, -0.05) is 23.5 Å². The number of carbonyl (C=O) groups excluding carboxylic acids is 4. The van der Waals surface area contributed by atoms with Crippen molar-refractivity contribution in [3.05, 3.63) is 58.1 Å². The van der Waals surface area contributed by atoms with E-state index in [9.17, 15) is 19.2 Å². The number of methoxy groups -OCH3 is 1. The largest absolute Gasteiger partial charge is 0.497 e. The average Bonchev–Trinajstić information content (AvgIpc) is 3.45. The molecule has 2 fully saturated rings. The van der Waals surface area contributed by atoms with Gasteiger partial charge in [-0.05, 0) is 50.1 Å². The fourth-order valence-corrected chi connectivity index (χ4v) is 7.43. The zero-order valence-electron chi connectivity index (χ0n) is 25.7. The molecule has 3 aliphatic rings. The second kappa shape index (κ2) is 11.7. The number of aryl methyl sites for hydroxylation is 1. The molecule has 0 N–H and O–H groups in total. The molecule has 1 aromatic heterocycles. The van der Waals surface area contributed by atoms with Crippen LogP contribution in [0.15, 0.2) is 30.3 Å². The molecule has 3 aliphatic heterocycles. The van der Waals surface area contributed by atoms with E-state index in [4.69, 9.17) is 14.2 Å². The summed E-state index contributed by atoms with van der Waals surface area (Å²) in [6.45, 7) is 5.24. The van der Waals surface area contributed by atoms with Gasteiger partial charge < -0.3 is 19.1 Å². The minimum atomic E-state index is -2.05. The van der Waals surface area contributed by atoms with E-state index < -0.39 is 72.3 Å². The summed E-state index contributed by atoms with van der Waals surface area (Å²) in [5.41, 5.74) is -1.58. The van der Waals surface area contributed by atoms with E-state index in [-0.39, 0.29) is 34.9 Å². The van der Waals surface area contributed by atoms with E-state index in [1.165, 1.54) is 18.1 Å². The summed E-state index contributed by atoms with van der Waals surface area (Å²) in [4.78, 5) is 58.2. The number of anilines is 1. The second-order valence-corrected chi connectivity index (χ2v) is 12.8. The fourth-order valence-electron chi connectivity index (χ4n) is 6.72. The first-order chi connectivity index (χ1) is 21.9. The molecule has 15 heteroatoms. The van der Waals surface area contributed by atoms with Crippen LogP contribution in [-0.2, 0) is 36.8 Å². The molecule has 2 unspecified atom stereocenters. The van der Waals surface area contributed by atoms with Crippen molar-refractivity contribution in [2.45, 2.75) is 58.9 Å². The van der Waals surface area contributed by atoms with Gasteiger partial charge in [0.15, 0.2) is 28.8 Å². The summed E-state index contributed by atoms with van der Waals surface area (Å²) in [7, 11) is 1.50. The number of ether oxygens (including phenoxy) is 3. The second-order valence-electron chi connectivity index (χ2n) is 11.6. The van der Waals surface area contributed by atoms with Crippen molar-refractivity contribution in [3.8, 4) is 16.3 Å². The van der Waals surface area contributed by atoms with Gasteiger partial charge in [0.05, 0.1) is 43.2 Å². The van der Waals surface area contributed by atoms with Gasteiger partial charge in [-0.15, -0.1) is 10.2 Å². The molecule has 4 atom stereocenters. The minimum Gasteiger partial charge on any atom is -0.497 e. The maximum atomic E-state index is 16.2. The van der Waals surface area contributed by atoms with Gasteiger partial charge in [0.2, 0.25) is 5.91 Å². The van der Waals surface area contributed by atoms with Gasteiger partial charge in [-0.3, -0.25) is 19.3 Å². The monoisotopic (exact) mass is 655 g/mol. The van der Waals surface area contributed by atoms with E-state index in [1.54, 1.807) is 45.0 Å². The number of benzene rings is 2. The van der Waals surface area contributed by atoms with Crippen LogP contribution in [0.5, 0.6) is 5.75 Å². The summed E-state index contributed by atoms with van der Waals surface area (Å²) >= 11 is 1.07. The molecule has 1 spiro atoms. The number of fused-ring (bicyclic) bond motifs is 4. The number of barbiturate groups is 1. The van der Waals surface area contributed by atoms with Crippen molar-refractivity contribution in [2.75, 3.05) is 25.3 Å². The zero-order chi connectivity index (χ0) is 33.1. The predicted molar refractivity (Wildman–Crippen MR) is 160 cm³/mol. The molecule has 2 aromatic carbocycles. The van der Waals surface area contributed by atoms with Crippen LogP contribution in [0, 0.1) is 24.0 Å². The number of halogens is 2. The number of aromatic nitrogens is 2. The van der Waals surface area contributed by atoms with E-state index in [0.717, 1.165) is 28.1 Å². The highest BCUT2D eigenvalue weighted by molar-refractivity contribution is 7.14. The Bertz CT molecular complexity index is 1750. The van der Waals surface area contributed by atoms with Crippen LogP contribution in [-0.4, -0.2) is 82.4 Å². The summed E-state index contributed by atoms with van der Waals surface area (Å²) < 4.78 is 48.3. The topological polar surface area (TPSA) is 131 Å². The Kier molecular flexibility index (Phi) is 8.01. The van der Waals surface area contributed by atoms with Crippen molar-refractivity contribution >= 4 is 40.8 Å². The average molecular weight is 656 g/mol. The number of morpholine rings is 1. The molecule has 12 nitrogen and oxygen atoms in total. The SMILES string of the molecule is COc1ccc(CN2C(=O)N(COC(C)=O)C(=O)C3(Cc4cc(-c5nnc(C)s5)c(F)c(F)c4N4C[C@H](C)O[C@H](C)C43)C2=O)cc1. The van der Waals surface area contributed by atoms with E-state index in [1.807, 2.05) is 0 Å². The number of hydrogen-bond donors (Lipinski definition) is 0. The number of esters is 1. The maximum Gasteiger partial charge on any atom is 0.336 e. The first-order valence-electron chi connectivity index (χ1n) is 14.5.